The third-order valence-electron chi connectivity index (χ3n) is 5.34. The summed E-state index contributed by atoms with van der Waals surface area (Å²) in [7, 11) is 0. The topological polar surface area (TPSA) is 61.4 Å². The van der Waals surface area contributed by atoms with Crippen LogP contribution in [0.5, 0.6) is 0 Å². The Morgan fingerprint density at radius 3 is 1.58 bits per heavy atom. The molecule has 0 N–H and O–H groups in total. The average Bonchev–Trinajstić information content (AvgIpc) is 3.60. The minimum atomic E-state index is -0.308. The quantitative estimate of drug-likeness (QED) is 0.138. The highest BCUT2D eigenvalue weighted by atomic mass is 79.9. The van der Waals surface area contributed by atoms with Gasteiger partial charge in [0.05, 0.1) is 34.9 Å². The number of pyridine rings is 2. The van der Waals surface area contributed by atoms with Crippen molar-refractivity contribution < 1.29 is 8.78 Å². The minimum Gasteiger partial charge on any atom is -0.249 e. The largest absolute Gasteiger partial charge is 0.249 e. The molecule has 2 aromatic carbocycles. The van der Waals surface area contributed by atoms with Crippen molar-refractivity contribution in [3.8, 4) is 35.6 Å². The predicted octanol–water partition coefficient (Wildman–Crippen LogP) is 7.95. The van der Waals surface area contributed by atoms with Gasteiger partial charge in [-0.25, -0.2) is 28.1 Å². The molecule has 0 aliphatic heterocycles. The lowest BCUT2D eigenvalue weighted by molar-refractivity contribution is 0.626. The molecule has 0 saturated heterocycles. The van der Waals surface area contributed by atoms with Crippen molar-refractivity contribution in [2.75, 3.05) is 0 Å². The van der Waals surface area contributed by atoms with E-state index < -0.39 is 0 Å². The van der Waals surface area contributed by atoms with E-state index in [1.165, 1.54) is 39.8 Å². The van der Waals surface area contributed by atoms with E-state index in [0.29, 0.717) is 38.5 Å². The zero-order valence-electron chi connectivity index (χ0n) is 22.0. The summed E-state index contributed by atoms with van der Waals surface area (Å²) in [6.07, 6.45) is 11.7. The molecule has 6 aromatic rings. The first-order valence-corrected chi connectivity index (χ1v) is 13.9. The molecule has 0 bridgehead atoms. The van der Waals surface area contributed by atoms with Crippen LogP contribution in [0.2, 0.25) is 10.3 Å². The third kappa shape index (κ3) is 8.84. The van der Waals surface area contributed by atoms with Crippen LogP contribution in [0.15, 0.2) is 114 Å². The van der Waals surface area contributed by atoms with Crippen molar-refractivity contribution in [3.05, 3.63) is 153 Å². The molecule has 0 saturated carbocycles. The van der Waals surface area contributed by atoms with Gasteiger partial charge in [-0.3, -0.25) is 0 Å². The molecule has 6 rings (SSSR count). The Balaban J connectivity index is 0.000000167. The van der Waals surface area contributed by atoms with Gasteiger partial charge in [-0.1, -0.05) is 47.2 Å². The van der Waals surface area contributed by atoms with Gasteiger partial charge in [0.2, 0.25) is 0 Å². The van der Waals surface area contributed by atoms with Gasteiger partial charge in [0.1, 0.15) is 32.2 Å². The van der Waals surface area contributed by atoms with Crippen LogP contribution in [0.25, 0.3) is 11.4 Å². The fourth-order valence-electron chi connectivity index (χ4n) is 3.28. The van der Waals surface area contributed by atoms with Crippen LogP contribution < -0.4 is 0 Å². The highest BCUT2D eigenvalue weighted by molar-refractivity contribution is 9.10. The van der Waals surface area contributed by atoms with Crippen LogP contribution in [-0.4, -0.2) is 29.5 Å². The molecule has 4 aromatic heterocycles. The second kappa shape index (κ2) is 15.4. The van der Waals surface area contributed by atoms with Crippen LogP contribution in [0.3, 0.4) is 0 Å². The van der Waals surface area contributed by atoms with Gasteiger partial charge < -0.3 is 0 Å². The molecule has 6 nitrogen and oxygen atoms in total. The highest BCUT2D eigenvalue weighted by Crippen LogP contribution is 2.20. The lowest BCUT2D eigenvalue weighted by atomic mass is 10.3. The van der Waals surface area contributed by atoms with Crippen molar-refractivity contribution in [3.63, 3.8) is 0 Å². The van der Waals surface area contributed by atoms with Gasteiger partial charge in [-0.05, 0) is 94.6 Å². The van der Waals surface area contributed by atoms with E-state index in [-0.39, 0.29) is 11.6 Å². The van der Waals surface area contributed by atoms with Crippen molar-refractivity contribution >= 4 is 39.1 Å². The molecule has 212 valence electrons. The number of nitrogens with zero attached hydrogens (tertiary/aromatic N) is 6. The van der Waals surface area contributed by atoms with Gasteiger partial charge >= 0.3 is 0 Å². The monoisotopic (exact) mass is 674 g/mol. The molecule has 43 heavy (non-hydrogen) atoms. The van der Waals surface area contributed by atoms with E-state index in [1.807, 2.05) is 36.4 Å². The second-order valence-corrected chi connectivity index (χ2v) is 9.76. The summed E-state index contributed by atoms with van der Waals surface area (Å²) < 4.78 is 29.4. The number of halogens is 5. The molecule has 0 spiro atoms. The summed E-state index contributed by atoms with van der Waals surface area (Å²) in [6.45, 7) is 0. The average molecular weight is 676 g/mol. The summed E-state index contributed by atoms with van der Waals surface area (Å²) in [5, 5.41) is 8.90. The van der Waals surface area contributed by atoms with E-state index in [0.717, 1.165) is 4.60 Å². The molecule has 0 amide bonds. The fourth-order valence-corrected chi connectivity index (χ4v) is 4.03. The lowest BCUT2D eigenvalue weighted by Gasteiger charge is -2.02. The molecular weight excluding hydrogens is 657 g/mol. The highest BCUT2D eigenvalue weighted by Gasteiger charge is 2.09. The molecular formula is C32H19BrCl2F2N6. The molecule has 4 heterocycles. The maximum Gasteiger partial charge on any atom is 0.148 e. The number of hydrogen-bond acceptors (Lipinski definition) is 4. The first-order valence-electron chi connectivity index (χ1n) is 12.3. The number of terminal acetylenes is 1. The van der Waals surface area contributed by atoms with E-state index in [1.54, 1.807) is 42.9 Å². The number of aromatic nitrogens is 6. The molecule has 0 aliphatic rings. The van der Waals surface area contributed by atoms with E-state index >= 15 is 0 Å². The maximum atomic E-state index is 12.9. The summed E-state index contributed by atoms with van der Waals surface area (Å²) in [5.41, 5.74) is 3.10. The van der Waals surface area contributed by atoms with Crippen molar-refractivity contribution in [2.45, 2.75) is 0 Å². The van der Waals surface area contributed by atoms with E-state index in [4.69, 9.17) is 29.6 Å². The normalized spacial score (nSPS) is 9.77. The zero-order valence-corrected chi connectivity index (χ0v) is 25.1. The van der Waals surface area contributed by atoms with Crippen molar-refractivity contribution in [2.24, 2.45) is 0 Å². The van der Waals surface area contributed by atoms with Crippen molar-refractivity contribution in [1.29, 1.82) is 0 Å². The second-order valence-electron chi connectivity index (χ2n) is 8.24. The Morgan fingerprint density at radius 1 is 0.651 bits per heavy atom. The maximum absolute atomic E-state index is 12.9. The molecule has 0 radical (unpaired) electrons. The van der Waals surface area contributed by atoms with Crippen LogP contribution in [0, 0.1) is 35.8 Å². The summed E-state index contributed by atoms with van der Waals surface area (Å²) in [4.78, 5) is 8.01. The van der Waals surface area contributed by atoms with Crippen LogP contribution in [0.1, 0.15) is 16.8 Å². The van der Waals surface area contributed by atoms with Crippen molar-refractivity contribution in [1.82, 2.24) is 29.5 Å². The minimum absolute atomic E-state index is 0.306. The molecule has 0 fully saturated rings. The third-order valence-corrected chi connectivity index (χ3v) is 6.53. The Morgan fingerprint density at radius 2 is 1.16 bits per heavy atom. The smallest absolute Gasteiger partial charge is 0.148 e. The number of rotatable bonds is 2. The van der Waals surface area contributed by atoms with Gasteiger partial charge in [0.15, 0.2) is 0 Å². The fraction of sp³-hybridized carbons (Fsp3) is 0. The Bertz CT molecular complexity index is 1880. The number of benzene rings is 2. The van der Waals surface area contributed by atoms with Gasteiger partial charge in [-0.2, -0.15) is 10.2 Å². The lowest BCUT2D eigenvalue weighted by Crippen LogP contribution is -1.96. The Hall–Kier alpha value is -4.80. The van der Waals surface area contributed by atoms with Gasteiger partial charge in [-0.15, -0.1) is 6.42 Å². The Kier molecular flexibility index (Phi) is 11.2. The summed E-state index contributed by atoms with van der Waals surface area (Å²) in [5.74, 6) is 7.64. The predicted molar refractivity (Wildman–Crippen MR) is 167 cm³/mol. The number of hydrogen-bond donors (Lipinski definition) is 0. The van der Waals surface area contributed by atoms with Crippen LogP contribution >= 0.6 is 39.1 Å². The van der Waals surface area contributed by atoms with Gasteiger partial charge in [0, 0.05) is 12.4 Å². The van der Waals surface area contributed by atoms with E-state index in [2.05, 4.69) is 53.9 Å². The van der Waals surface area contributed by atoms with Crippen LogP contribution in [0.4, 0.5) is 8.78 Å². The first kappa shape index (κ1) is 31.1. The molecule has 0 unspecified atom stereocenters. The SMILES string of the molecule is Brc1ccccn1.C#Cc1cnn(-c2ccc(F)cc2)c1Cl.Fc1ccc(-n2ncc(C#Cc3ccccn3)c2Cl)cc1. The Labute approximate surface area is 265 Å². The first-order chi connectivity index (χ1) is 20.9. The molecule has 11 heteroatoms. The van der Waals surface area contributed by atoms with Crippen LogP contribution in [-0.2, 0) is 0 Å². The van der Waals surface area contributed by atoms with E-state index in [9.17, 15) is 8.78 Å². The summed E-state index contributed by atoms with van der Waals surface area (Å²) >= 11 is 15.4. The molecule has 0 atom stereocenters. The zero-order chi connectivity index (χ0) is 30.6. The molecule has 0 aliphatic carbocycles. The van der Waals surface area contributed by atoms with Gasteiger partial charge in [0.25, 0.3) is 0 Å². The standard InChI is InChI=1S/C16H9ClFN3.C11H6ClFN2.C5H4BrN/c17-16-12(4-7-14-3-1-2-10-19-14)11-20-21(16)15-8-5-13(18)6-9-15;1-2-8-7-14-15(11(8)12)10-5-3-9(13)4-6-10;6-5-3-1-2-4-7-5/h1-3,5-6,8-11H;1,3-7H;1-4H. The summed E-state index contributed by atoms with van der Waals surface area (Å²) in [6, 6.07) is 22.9.